The van der Waals surface area contributed by atoms with Crippen LogP contribution in [0.5, 0.6) is 0 Å². The van der Waals surface area contributed by atoms with E-state index in [9.17, 15) is 0 Å². The maximum atomic E-state index is 6.66. The van der Waals surface area contributed by atoms with Gasteiger partial charge in [0.2, 0.25) is 0 Å². The molecule has 1 aromatic rings. The third-order valence-electron chi connectivity index (χ3n) is 7.03. The van der Waals surface area contributed by atoms with Gasteiger partial charge in [-0.3, -0.25) is 0 Å². The van der Waals surface area contributed by atoms with Crippen LogP contribution in [0.3, 0.4) is 0 Å². The van der Waals surface area contributed by atoms with Crippen LogP contribution in [0.15, 0.2) is 18.3 Å². The zero-order valence-corrected chi connectivity index (χ0v) is 27.3. The second-order valence-corrected chi connectivity index (χ2v) is 21.7. The summed E-state index contributed by atoms with van der Waals surface area (Å²) >= 11 is -0.871. The van der Waals surface area contributed by atoms with Crippen LogP contribution in [0, 0.1) is 11.8 Å². The molecule has 1 heterocycles. The van der Waals surface area contributed by atoms with E-state index < -0.39 is 35.1 Å². The van der Waals surface area contributed by atoms with Gasteiger partial charge >= 0.3 is 219 Å². The third kappa shape index (κ3) is 10.5. The molecule has 1 aromatic heterocycles. The first kappa shape index (κ1) is 30.7. The van der Waals surface area contributed by atoms with Crippen molar-refractivity contribution in [1.82, 2.24) is 4.98 Å². The van der Waals surface area contributed by atoms with Gasteiger partial charge in [-0.2, -0.15) is 0 Å². The van der Waals surface area contributed by atoms with Gasteiger partial charge in [-0.25, -0.2) is 0 Å². The Labute approximate surface area is 217 Å². The van der Waals surface area contributed by atoms with Gasteiger partial charge in [0.25, 0.3) is 0 Å². The fraction of sp³-hybridized carbons (Fsp3) is 0.759. The van der Waals surface area contributed by atoms with Gasteiger partial charge < -0.3 is 0 Å². The fourth-order valence-electron chi connectivity index (χ4n) is 4.03. The Morgan fingerprint density at radius 2 is 1.42 bits per heavy atom. The van der Waals surface area contributed by atoms with Gasteiger partial charge in [0.05, 0.1) is 0 Å². The van der Waals surface area contributed by atoms with Gasteiger partial charge in [-0.1, -0.05) is 0 Å². The van der Waals surface area contributed by atoms with Crippen molar-refractivity contribution >= 4 is 33.0 Å². The van der Waals surface area contributed by atoms with E-state index in [4.69, 9.17) is 9.41 Å². The molecular formula is C29H51NOSiSn. The third-order valence-corrected chi connectivity index (χ3v) is 17.2. The Hall–Kier alpha value is -0.314. The molecule has 0 aliphatic heterocycles. The van der Waals surface area contributed by atoms with Gasteiger partial charge in [-0.15, -0.1) is 0 Å². The summed E-state index contributed by atoms with van der Waals surface area (Å²) in [5.74, 6) is 6.98. The van der Waals surface area contributed by atoms with E-state index in [2.05, 4.69) is 92.5 Å². The Morgan fingerprint density at radius 3 is 1.88 bits per heavy atom. The number of aromatic nitrogens is 1. The van der Waals surface area contributed by atoms with Crippen LogP contribution >= 0.6 is 0 Å². The van der Waals surface area contributed by atoms with E-state index in [0.717, 1.165) is 5.69 Å². The van der Waals surface area contributed by atoms with Crippen LogP contribution in [-0.4, -0.2) is 40.0 Å². The molecule has 2 radical (unpaired) electrons. The van der Waals surface area contributed by atoms with E-state index in [1.807, 2.05) is 6.20 Å². The molecule has 0 saturated heterocycles. The van der Waals surface area contributed by atoms with Crippen molar-refractivity contribution in [3.05, 3.63) is 24.0 Å². The molecule has 0 atom stereocenters. The number of hydrogen-bond acceptors (Lipinski definition) is 2. The summed E-state index contributed by atoms with van der Waals surface area (Å²) in [5, 5.41) is 0.175. The average molecular weight is 577 g/mol. The van der Waals surface area contributed by atoms with Gasteiger partial charge in [-0.05, 0) is 0 Å². The quantitative estimate of drug-likeness (QED) is 0.174. The molecule has 0 aliphatic rings. The zero-order valence-electron chi connectivity index (χ0n) is 23.5. The summed E-state index contributed by atoms with van der Waals surface area (Å²) in [7, 11) is -1.89. The predicted molar refractivity (Wildman–Crippen MR) is 150 cm³/mol. The topological polar surface area (TPSA) is 22.1 Å². The Balaban J connectivity index is 3.26. The summed E-state index contributed by atoms with van der Waals surface area (Å²) < 4.78 is 8.69. The molecule has 0 unspecified atom stereocenters. The van der Waals surface area contributed by atoms with E-state index in [1.165, 1.54) is 61.4 Å². The molecule has 0 aliphatic carbocycles. The second-order valence-electron chi connectivity index (χ2n) is 11.7. The van der Waals surface area contributed by atoms with Crippen molar-refractivity contribution in [3.63, 3.8) is 0 Å². The molecular weight excluding hydrogens is 525 g/mol. The minimum atomic E-state index is -1.89. The normalized spacial score (nSPS) is 13.0. The van der Waals surface area contributed by atoms with Crippen LogP contribution in [0.25, 0.3) is 0 Å². The number of hydrogen-bond donors (Lipinski definition) is 0. The SMILES string of the molecule is CCCC[C](CCCC)(CCCC)[Sn][c]1cccnc1C#CC(C)(C)O[Si](C)(C)C(C)(C)C. The van der Waals surface area contributed by atoms with Gasteiger partial charge in [0.1, 0.15) is 0 Å². The first-order valence-corrected chi connectivity index (χ1v) is 19.0. The number of nitrogens with zero attached hydrogens (tertiary/aromatic N) is 1. The molecule has 0 saturated carbocycles. The van der Waals surface area contributed by atoms with Crippen LogP contribution in [-0.2, 0) is 4.43 Å². The Kier molecular flexibility index (Phi) is 12.7. The molecule has 2 nitrogen and oxygen atoms in total. The van der Waals surface area contributed by atoms with Crippen molar-refractivity contribution in [2.24, 2.45) is 0 Å². The Bertz CT molecular complexity index is 748. The standard InChI is InChI=1S/C16H24NOSi.C13H27.Sn/c1-15(2,3)19(6,7)18-16(4,5)12-11-14-10-8-9-13-17-14;1-4-7-10-13(11-8-5-2)12-9-6-3;/h8-9,13H,1-7H3;4-12H2,1-3H3;. The van der Waals surface area contributed by atoms with Crippen LogP contribution < -0.4 is 3.58 Å². The summed E-state index contributed by atoms with van der Waals surface area (Å²) in [6.45, 7) is 22.7. The van der Waals surface area contributed by atoms with E-state index >= 15 is 0 Å². The molecule has 4 heteroatoms. The molecule has 0 amide bonds. The fourth-order valence-corrected chi connectivity index (χ4v) is 11.1. The first-order chi connectivity index (χ1) is 15.3. The Morgan fingerprint density at radius 1 is 0.909 bits per heavy atom. The molecule has 0 spiro atoms. The molecule has 33 heavy (non-hydrogen) atoms. The van der Waals surface area contributed by atoms with Gasteiger partial charge in [0, 0.05) is 0 Å². The van der Waals surface area contributed by atoms with Crippen LogP contribution in [0.1, 0.15) is 119 Å². The van der Waals surface area contributed by atoms with Crippen molar-refractivity contribution in [3.8, 4) is 11.8 Å². The molecule has 0 aromatic carbocycles. The minimum absolute atomic E-state index is 0.175. The predicted octanol–water partition coefficient (Wildman–Crippen LogP) is 8.29. The van der Waals surface area contributed by atoms with Crippen LogP contribution in [0.4, 0.5) is 0 Å². The van der Waals surface area contributed by atoms with Crippen LogP contribution in [0.2, 0.25) is 21.6 Å². The maximum absolute atomic E-state index is 6.66. The van der Waals surface area contributed by atoms with Crippen molar-refractivity contribution in [2.75, 3.05) is 0 Å². The monoisotopic (exact) mass is 577 g/mol. The molecule has 0 bridgehead atoms. The molecule has 1 rings (SSSR count). The molecule has 0 N–H and O–H groups in total. The summed E-state index contributed by atoms with van der Waals surface area (Å²) in [6, 6.07) is 4.46. The molecule has 0 fully saturated rings. The number of rotatable bonds is 13. The first-order valence-electron chi connectivity index (χ1n) is 13.3. The summed E-state index contributed by atoms with van der Waals surface area (Å²) in [5.41, 5.74) is 0.553. The van der Waals surface area contributed by atoms with E-state index in [-0.39, 0.29) is 5.04 Å². The summed E-state index contributed by atoms with van der Waals surface area (Å²) in [4.78, 5) is 4.78. The number of pyridine rings is 1. The van der Waals surface area contributed by atoms with Crippen molar-refractivity contribution in [2.45, 2.75) is 140 Å². The molecule has 186 valence electrons. The zero-order chi connectivity index (χ0) is 25.2. The summed E-state index contributed by atoms with van der Waals surface area (Å²) in [6.07, 6.45) is 14.0. The van der Waals surface area contributed by atoms with Crippen molar-refractivity contribution in [1.29, 1.82) is 0 Å². The van der Waals surface area contributed by atoms with Gasteiger partial charge in [0.15, 0.2) is 0 Å². The van der Waals surface area contributed by atoms with Crippen molar-refractivity contribution < 1.29 is 4.43 Å². The van der Waals surface area contributed by atoms with E-state index in [1.54, 1.807) is 0 Å². The second kappa shape index (κ2) is 13.7. The van der Waals surface area contributed by atoms with E-state index in [0.29, 0.717) is 3.43 Å². The average Bonchev–Trinajstić information content (AvgIpc) is 2.72. The number of unbranched alkanes of at least 4 members (excludes halogenated alkanes) is 3.